The number of phenolic OH excluding ortho intramolecular Hbond substituents is 3. The van der Waals surface area contributed by atoms with Crippen LogP contribution in [0.4, 0.5) is 0 Å². The summed E-state index contributed by atoms with van der Waals surface area (Å²) in [6, 6.07) is 0.632. The Morgan fingerprint density at radius 3 is 1.93 bits per heavy atom. The first kappa shape index (κ1) is 12.7. The number of carbonyl (C=O) groups is 1. The van der Waals surface area contributed by atoms with Gasteiger partial charge in [-0.3, -0.25) is 0 Å². The number of hydrogen-bond acceptors (Lipinski definition) is 5. The van der Waals surface area contributed by atoms with E-state index < -0.39 is 34.5 Å². The van der Waals surface area contributed by atoms with Crippen LogP contribution in [0.2, 0.25) is 0 Å². The van der Waals surface area contributed by atoms with Crippen LogP contribution in [0.5, 0.6) is 23.0 Å². The van der Waals surface area contributed by atoms with Crippen molar-refractivity contribution in [3.8, 4) is 23.0 Å². The van der Waals surface area contributed by atoms with E-state index in [4.69, 9.17) is 25.5 Å². The lowest BCUT2D eigenvalue weighted by Gasteiger charge is -2.05. The second kappa shape index (κ2) is 4.25. The zero-order valence-corrected chi connectivity index (χ0v) is 6.22. The van der Waals surface area contributed by atoms with Gasteiger partial charge in [-0.15, -0.1) is 0 Å². The number of carboxylic acids is 1. The number of rotatable bonds is 1. The molecular weight excluding hydrogens is 204 g/mol. The molecule has 0 aliphatic rings. The predicted octanol–water partition coefficient (Wildman–Crippen LogP) is -0.709. The fourth-order valence-corrected chi connectivity index (χ4v) is 0.797. The number of carboxylic acid groups (broad SMARTS) is 1. The van der Waals surface area contributed by atoms with E-state index in [1.165, 1.54) is 0 Å². The van der Waals surface area contributed by atoms with E-state index in [-0.39, 0.29) is 23.1 Å². The van der Waals surface area contributed by atoms with Gasteiger partial charge in [0.2, 0.25) is 11.5 Å². The number of aromatic carboxylic acids is 1. The molecule has 14 heavy (non-hydrogen) atoms. The third kappa shape index (κ3) is 1.94. The fraction of sp³-hybridized carbons (Fsp3) is 0. The van der Waals surface area contributed by atoms with Crippen LogP contribution < -0.4 is 0 Å². The van der Waals surface area contributed by atoms with E-state index in [1.807, 2.05) is 0 Å². The molecule has 1 aromatic carbocycles. The van der Waals surface area contributed by atoms with Crippen LogP contribution in [-0.2, 0) is 0 Å². The highest BCUT2D eigenvalue weighted by Gasteiger charge is 2.20. The first-order valence-corrected chi connectivity index (χ1v) is 3.15. The van der Waals surface area contributed by atoms with Crippen LogP contribution in [0.3, 0.4) is 0 Å². The van der Waals surface area contributed by atoms with E-state index in [1.54, 1.807) is 0 Å². The molecule has 0 atom stereocenters. The zero-order valence-electron chi connectivity index (χ0n) is 6.22. The highest BCUT2D eigenvalue weighted by atomic mass is 24.3. The van der Waals surface area contributed by atoms with Crippen LogP contribution in [0, 0.1) is 0 Å². The van der Waals surface area contributed by atoms with Crippen LogP contribution in [0.1, 0.15) is 10.4 Å². The van der Waals surface area contributed by atoms with E-state index in [0.717, 1.165) is 0 Å². The normalized spacial score (nSPS) is 9.14. The van der Waals surface area contributed by atoms with E-state index >= 15 is 0 Å². The molecule has 0 unspecified atom stereocenters. The SMILES string of the molecule is O=C(O)c1cc(O)c(O)c(O)c1O.[MgH2]. The molecule has 0 fully saturated rings. The van der Waals surface area contributed by atoms with Crippen molar-refractivity contribution in [2.75, 3.05) is 0 Å². The van der Waals surface area contributed by atoms with Gasteiger partial charge in [-0.25, -0.2) is 4.79 Å². The average molecular weight is 212 g/mol. The lowest BCUT2D eigenvalue weighted by Crippen LogP contribution is -1.96. The molecule has 0 spiro atoms. The first-order chi connectivity index (χ1) is 5.95. The Balaban J connectivity index is 0.00000169. The molecule has 0 bridgehead atoms. The minimum absolute atomic E-state index is 0. The van der Waals surface area contributed by atoms with Crippen molar-refractivity contribution in [1.82, 2.24) is 0 Å². The molecule has 0 aromatic heterocycles. The van der Waals surface area contributed by atoms with Gasteiger partial charge >= 0.3 is 29.0 Å². The molecule has 0 aliphatic carbocycles. The molecule has 0 aliphatic heterocycles. The van der Waals surface area contributed by atoms with Gasteiger partial charge in [0, 0.05) is 6.07 Å². The summed E-state index contributed by atoms with van der Waals surface area (Å²) in [5.74, 6) is -5.33. The molecule has 1 aromatic rings. The predicted molar refractivity (Wildman–Crippen MR) is 48.6 cm³/mol. The first-order valence-electron chi connectivity index (χ1n) is 3.15. The largest absolute Gasteiger partial charge is 0.504 e. The summed E-state index contributed by atoms with van der Waals surface area (Å²) in [7, 11) is 0. The molecule has 74 valence electrons. The number of aromatic hydroxyl groups is 4. The maximum atomic E-state index is 10.4. The average Bonchev–Trinajstić information content (AvgIpc) is 2.07. The van der Waals surface area contributed by atoms with Gasteiger partial charge in [-0.05, 0) is 0 Å². The summed E-state index contributed by atoms with van der Waals surface area (Å²) < 4.78 is 0. The van der Waals surface area contributed by atoms with Gasteiger partial charge in [0.05, 0.1) is 0 Å². The summed E-state index contributed by atoms with van der Waals surface area (Å²) >= 11 is 0. The van der Waals surface area contributed by atoms with E-state index in [0.29, 0.717) is 6.07 Å². The maximum absolute atomic E-state index is 10.4. The summed E-state index contributed by atoms with van der Waals surface area (Å²) in [6.07, 6.45) is 0. The molecule has 6 nitrogen and oxygen atoms in total. The molecule has 5 N–H and O–H groups in total. The van der Waals surface area contributed by atoms with Crippen molar-refractivity contribution >= 4 is 29.0 Å². The van der Waals surface area contributed by atoms with Crippen LogP contribution >= 0.6 is 0 Å². The lowest BCUT2D eigenvalue weighted by atomic mass is 10.1. The van der Waals surface area contributed by atoms with Gasteiger partial charge < -0.3 is 25.5 Å². The third-order valence-corrected chi connectivity index (χ3v) is 1.46. The number of benzene rings is 1. The fourth-order valence-electron chi connectivity index (χ4n) is 0.797. The highest BCUT2D eigenvalue weighted by molar-refractivity contribution is 5.93. The third-order valence-electron chi connectivity index (χ3n) is 1.46. The van der Waals surface area contributed by atoms with Crippen LogP contribution in [0.25, 0.3) is 0 Å². The van der Waals surface area contributed by atoms with Gasteiger partial charge in [0.25, 0.3) is 0 Å². The van der Waals surface area contributed by atoms with Crippen LogP contribution in [0.15, 0.2) is 6.07 Å². The van der Waals surface area contributed by atoms with Crippen molar-refractivity contribution in [1.29, 1.82) is 0 Å². The highest BCUT2D eigenvalue weighted by Crippen LogP contribution is 2.43. The molecule has 7 heteroatoms. The quantitative estimate of drug-likeness (QED) is 0.238. The van der Waals surface area contributed by atoms with Crippen molar-refractivity contribution in [3.05, 3.63) is 11.6 Å². The van der Waals surface area contributed by atoms with E-state index in [2.05, 4.69) is 0 Å². The van der Waals surface area contributed by atoms with Gasteiger partial charge in [0.1, 0.15) is 5.56 Å². The number of hydrogen-bond donors (Lipinski definition) is 5. The summed E-state index contributed by atoms with van der Waals surface area (Å²) in [6.45, 7) is 0. The standard InChI is InChI=1S/C7H6O6.Mg.2H/c8-3-1-2(7(12)13)4(9)6(11)5(3)10;;;/h1,8-11H,(H,12,13);;;. The minimum atomic E-state index is -1.52. The molecule has 0 saturated carbocycles. The van der Waals surface area contributed by atoms with Gasteiger partial charge in [-0.1, -0.05) is 0 Å². The molecule has 0 heterocycles. The Hall–Kier alpha value is -1.34. The molecule has 0 saturated heterocycles. The molecule has 0 radical (unpaired) electrons. The second-order valence-electron chi connectivity index (χ2n) is 2.29. The van der Waals surface area contributed by atoms with Crippen molar-refractivity contribution in [3.63, 3.8) is 0 Å². The molecular formula is C7H8MgO6. The summed E-state index contributed by atoms with van der Waals surface area (Å²) in [4.78, 5) is 10.4. The Bertz CT molecular complexity index is 375. The van der Waals surface area contributed by atoms with Crippen molar-refractivity contribution in [2.45, 2.75) is 0 Å². The van der Waals surface area contributed by atoms with Crippen molar-refractivity contribution in [2.24, 2.45) is 0 Å². The molecule has 1 rings (SSSR count). The Kier molecular flexibility index (Phi) is 3.84. The van der Waals surface area contributed by atoms with Gasteiger partial charge in [0.15, 0.2) is 11.5 Å². The maximum Gasteiger partial charge on any atom is 0.339 e. The van der Waals surface area contributed by atoms with Crippen molar-refractivity contribution < 1.29 is 30.3 Å². The lowest BCUT2D eigenvalue weighted by molar-refractivity contribution is 0.0692. The monoisotopic (exact) mass is 212 g/mol. The second-order valence-corrected chi connectivity index (χ2v) is 2.29. The van der Waals surface area contributed by atoms with Crippen LogP contribution in [-0.4, -0.2) is 54.6 Å². The van der Waals surface area contributed by atoms with E-state index in [9.17, 15) is 4.79 Å². The molecule has 0 amide bonds. The van der Waals surface area contributed by atoms with Gasteiger partial charge in [-0.2, -0.15) is 0 Å². The zero-order chi connectivity index (χ0) is 10.2. The number of phenols is 4. The Labute approximate surface area is 94.2 Å². The summed E-state index contributed by atoms with van der Waals surface area (Å²) in [5, 5.41) is 44.0. The Morgan fingerprint density at radius 2 is 1.50 bits per heavy atom. The summed E-state index contributed by atoms with van der Waals surface area (Å²) in [5.41, 5.74) is -0.687. The minimum Gasteiger partial charge on any atom is -0.504 e. The Morgan fingerprint density at radius 1 is 1.00 bits per heavy atom. The topological polar surface area (TPSA) is 118 Å². The smallest absolute Gasteiger partial charge is 0.339 e.